The largest absolute Gasteiger partial charge is 0.368 e. The molecule has 4 N–H and O–H groups in total. The lowest BCUT2D eigenvalue weighted by Crippen LogP contribution is -2.69. The van der Waals surface area contributed by atoms with E-state index in [0.29, 0.717) is 49.6 Å². The van der Waals surface area contributed by atoms with E-state index in [9.17, 15) is 9.59 Å². The number of benzene rings is 6. The van der Waals surface area contributed by atoms with Gasteiger partial charge in [-0.3, -0.25) is 9.59 Å². The van der Waals surface area contributed by atoms with Crippen LogP contribution >= 0.6 is 24.4 Å². The van der Waals surface area contributed by atoms with Crippen molar-refractivity contribution in [2.24, 2.45) is 0 Å². The summed E-state index contributed by atoms with van der Waals surface area (Å²) >= 11 is 12.0. The van der Waals surface area contributed by atoms with Crippen molar-refractivity contribution in [2.45, 2.75) is 140 Å². The lowest BCUT2D eigenvalue weighted by molar-refractivity contribution is -0.208. The summed E-state index contributed by atoms with van der Waals surface area (Å²) in [5.74, 6) is -0.287. The lowest BCUT2D eigenvalue weighted by Gasteiger charge is -2.48. The second-order valence-corrected chi connectivity index (χ2v) is 22.1. The summed E-state index contributed by atoms with van der Waals surface area (Å²) in [6, 6.07) is 59.0. The van der Waals surface area contributed by atoms with Crippen molar-refractivity contribution < 1.29 is 38.0 Å². The van der Waals surface area contributed by atoms with Gasteiger partial charge in [-0.1, -0.05) is 196 Å². The molecule has 0 spiro atoms. The summed E-state index contributed by atoms with van der Waals surface area (Å²) in [6.45, 7) is 7.43. The van der Waals surface area contributed by atoms with Crippen LogP contribution in [0.2, 0.25) is 0 Å². The Labute approximate surface area is 494 Å². The molecule has 14 nitrogen and oxygen atoms in total. The molecule has 6 aromatic carbocycles. The molecule has 2 heterocycles. The van der Waals surface area contributed by atoms with Crippen molar-refractivity contribution in [3.63, 3.8) is 0 Å². The zero-order chi connectivity index (χ0) is 56.9. The highest BCUT2D eigenvalue weighted by atomic mass is 32.1. The van der Waals surface area contributed by atoms with Gasteiger partial charge in [-0.05, 0) is 83.5 Å². The molecule has 0 bridgehead atoms. The SMILES string of the molecule is CCCN1C(=O)[C@H](OCc2ccccc2)[C@@H](OCc2ccccc2)[C@H](OCc2ccccc2)[C@H]1CNC(=S)NC1CC(NC(=S)NC[C@@H]2[C@@H](OCc3ccccc3)[C@H](OCc3ccccc3)[C@@H](OCc3ccccc3)C(=O)N2CCC)C1. The molecule has 6 aromatic rings. The normalized spacial score (nSPS) is 23.4. The van der Waals surface area contributed by atoms with Crippen LogP contribution in [0, 0.1) is 0 Å². The van der Waals surface area contributed by atoms with E-state index in [-0.39, 0.29) is 50.3 Å². The summed E-state index contributed by atoms with van der Waals surface area (Å²) in [5.41, 5.74) is 5.89. The Morgan fingerprint density at radius 3 is 0.927 bits per heavy atom. The Hall–Kier alpha value is -6.60. The number of thiocarbonyl (C=S) groups is 2. The molecule has 2 amide bonds. The number of ether oxygens (including phenoxy) is 6. The van der Waals surface area contributed by atoms with Gasteiger partial charge in [0.25, 0.3) is 11.8 Å². The molecule has 8 atom stereocenters. The molecule has 0 aromatic heterocycles. The molecule has 1 saturated carbocycles. The van der Waals surface area contributed by atoms with Crippen LogP contribution in [0.1, 0.15) is 72.9 Å². The van der Waals surface area contributed by atoms with Crippen molar-refractivity contribution in [1.29, 1.82) is 0 Å². The average Bonchev–Trinajstić information content (AvgIpc) is 3.68. The van der Waals surface area contributed by atoms with E-state index >= 15 is 0 Å². The molecule has 432 valence electrons. The van der Waals surface area contributed by atoms with Gasteiger partial charge < -0.3 is 59.5 Å². The molecule has 3 aliphatic rings. The first-order valence-electron chi connectivity index (χ1n) is 28.9. The first-order valence-corrected chi connectivity index (χ1v) is 29.7. The summed E-state index contributed by atoms with van der Waals surface area (Å²) in [7, 11) is 0. The Bertz CT molecular complexity index is 2690. The third-order valence-electron chi connectivity index (χ3n) is 15.2. The number of amides is 2. The number of hydrogen-bond donors (Lipinski definition) is 4. The minimum absolute atomic E-state index is 0.0741. The Morgan fingerprint density at radius 1 is 0.402 bits per heavy atom. The quantitative estimate of drug-likeness (QED) is 0.0347. The van der Waals surface area contributed by atoms with Gasteiger partial charge in [-0.2, -0.15) is 0 Å². The smallest absolute Gasteiger partial charge is 0.254 e. The Balaban J connectivity index is 0.845. The molecular formula is C66H78N6O8S2. The van der Waals surface area contributed by atoms with Gasteiger partial charge >= 0.3 is 0 Å². The van der Waals surface area contributed by atoms with Gasteiger partial charge in [0.05, 0.1) is 51.7 Å². The molecule has 82 heavy (non-hydrogen) atoms. The van der Waals surface area contributed by atoms with Crippen LogP contribution in [-0.2, 0) is 77.7 Å². The van der Waals surface area contributed by atoms with E-state index in [1.165, 1.54) is 0 Å². The number of likely N-dealkylation sites (tertiary alicyclic amines) is 2. The second-order valence-electron chi connectivity index (χ2n) is 21.3. The maximum atomic E-state index is 14.8. The standard InChI is InChI=1S/C66H78N6O8S2/c1-3-35-71-55(57(75-41-47-23-11-5-12-24-47)59(77-43-49-27-15-7-16-28-49)61(63(71)73)79-45-51-31-19-9-20-32-51)39-67-65(81)69-53-37-54(38-53)70-66(82)68-40-56-58(76-42-48-25-13-6-14-26-48)60(78-44-50-29-17-8-18-30-50)62(64(74)72(56)36-4-2)80-46-52-33-21-10-22-34-52/h5-34,53-62H,3-4,35-46H2,1-2H3,(H2,67,69,81)(H2,68,70,82)/t53?,54?,55-,56-,57-,58-,59+,60+,61-,62-/m1/s1. The average molecular weight is 1150 g/mol. The number of carbonyl (C=O) groups is 2. The Morgan fingerprint density at radius 2 is 0.659 bits per heavy atom. The van der Waals surface area contributed by atoms with Gasteiger partial charge in [0, 0.05) is 38.3 Å². The van der Waals surface area contributed by atoms with Gasteiger partial charge in [0.15, 0.2) is 22.4 Å². The maximum absolute atomic E-state index is 14.8. The molecule has 16 heteroatoms. The number of carbonyl (C=O) groups excluding carboxylic acids is 2. The summed E-state index contributed by atoms with van der Waals surface area (Å²) in [5, 5.41) is 15.0. The fourth-order valence-corrected chi connectivity index (χ4v) is 11.5. The van der Waals surface area contributed by atoms with Gasteiger partial charge in [-0.15, -0.1) is 0 Å². The monoisotopic (exact) mass is 1150 g/mol. The first-order chi connectivity index (χ1) is 40.2. The molecular weight excluding hydrogens is 1070 g/mol. The van der Waals surface area contributed by atoms with Crippen molar-refractivity contribution in [2.75, 3.05) is 26.2 Å². The molecule has 9 rings (SSSR count). The lowest BCUT2D eigenvalue weighted by atomic mass is 9.87. The highest BCUT2D eigenvalue weighted by molar-refractivity contribution is 7.80. The number of hydrogen-bond acceptors (Lipinski definition) is 10. The topological polar surface area (TPSA) is 144 Å². The minimum Gasteiger partial charge on any atom is -0.368 e. The van der Waals surface area contributed by atoms with E-state index in [1.807, 2.05) is 192 Å². The van der Waals surface area contributed by atoms with Crippen molar-refractivity contribution >= 4 is 46.5 Å². The van der Waals surface area contributed by atoms with Crippen molar-refractivity contribution in [1.82, 2.24) is 31.1 Å². The number of nitrogens with zero attached hydrogens (tertiary/aromatic N) is 2. The zero-order valence-electron chi connectivity index (χ0n) is 47.0. The van der Waals surface area contributed by atoms with Gasteiger partial charge in [0.1, 0.15) is 24.4 Å². The summed E-state index contributed by atoms with van der Waals surface area (Å²) in [4.78, 5) is 33.4. The first kappa shape index (κ1) is 60.0. The molecule has 2 saturated heterocycles. The predicted molar refractivity (Wildman–Crippen MR) is 326 cm³/mol. The van der Waals surface area contributed by atoms with Crippen LogP contribution in [0.25, 0.3) is 0 Å². The Kier molecular flexibility index (Phi) is 22.8. The van der Waals surface area contributed by atoms with Crippen LogP contribution in [-0.4, -0.2) is 119 Å². The van der Waals surface area contributed by atoms with Crippen LogP contribution < -0.4 is 21.3 Å². The summed E-state index contributed by atoms with van der Waals surface area (Å²) in [6.07, 6.45) is -1.47. The highest BCUT2D eigenvalue weighted by Gasteiger charge is 2.52. The summed E-state index contributed by atoms with van der Waals surface area (Å²) < 4.78 is 40.5. The molecule has 0 radical (unpaired) electrons. The van der Waals surface area contributed by atoms with Crippen LogP contribution in [0.5, 0.6) is 0 Å². The van der Waals surface area contributed by atoms with Gasteiger partial charge in [-0.25, -0.2) is 0 Å². The third kappa shape index (κ3) is 16.8. The third-order valence-corrected chi connectivity index (χ3v) is 15.7. The molecule has 0 unspecified atom stereocenters. The van der Waals surface area contributed by atoms with Crippen LogP contribution in [0.15, 0.2) is 182 Å². The zero-order valence-corrected chi connectivity index (χ0v) is 48.6. The van der Waals surface area contributed by atoms with E-state index < -0.39 is 48.7 Å². The predicted octanol–water partition coefficient (Wildman–Crippen LogP) is 9.20. The number of piperidine rings is 2. The van der Waals surface area contributed by atoms with E-state index in [2.05, 4.69) is 35.1 Å². The van der Waals surface area contributed by atoms with E-state index in [4.69, 9.17) is 52.9 Å². The number of nitrogens with one attached hydrogen (secondary N) is 4. The fourth-order valence-electron chi connectivity index (χ4n) is 11.0. The second kappa shape index (κ2) is 31.2. The van der Waals surface area contributed by atoms with Crippen molar-refractivity contribution in [3.05, 3.63) is 215 Å². The fraction of sp³-hybridized carbons (Fsp3) is 0.394. The van der Waals surface area contributed by atoms with Crippen LogP contribution in [0.4, 0.5) is 0 Å². The maximum Gasteiger partial charge on any atom is 0.254 e. The molecule has 3 fully saturated rings. The van der Waals surface area contributed by atoms with Gasteiger partial charge in [0.2, 0.25) is 0 Å². The molecule has 1 aliphatic carbocycles. The highest BCUT2D eigenvalue weighted by Crippen LogP contribution is 2.32. The van der Waals surface area contributed by atoms with Crippen LogP contribution in [0.3, 0.4) is 0 Å². The number of rotatable bonds is 28. The minimum atomic E-state index is -0.916. The van der Waals surface area contributed by atoms with E-state index in [0.717, 1.165) is 59.1 Å². The molecule has 2 aliphatic heterocycles. The van der Waals surface area contributed by atoms with E-state index in [1.54, 1.807) is 0 Å². The van der Waals surface area contributed by atoms with Crippen molar-refractivity contribution in [3.8, 4) is 0 Å².